The maximum Gasteiger partial charge on any atom is 0.0332 e. The monoisotopic (exact) mass is 260 g/mol. The van der Waals surface area contributed by atoms with Crippen LogP contribution in [-0.2, 0) is 13.0 Å². The van der Waals surface area contributed by atoms with Crippen LogP contribution in [0.1, 0.15) is 50.2 Å². The van der Waals surface area contributed by atoms with Crippen LogP contribution in [0.5, 0.6) is 0 Å². The Bertz CT molecular complexity index is 377. The van der Waals surface area contributed by atoms with Crippen molar-refractivity contribution in [3.63, 3.8) is 0 Å². The highest BCUT2D eigenvalue weighted by Gasteiger charge is 2.34. The first kappa shape index (κ1) is 14.5. The minimum Gasteiger partial charge on any atom is -0.329 e. The van der Waals surface area contributed by atoms with E-state index in [4.69, 9.17) is 5.73 Å². The van der Waals surface area contributed by atoms with E-state index in [-0.39, 0.29) is 5.54 Å². The van der Waals surface area contributed by atoms with E-state index < -0.39 is 0 Å². The Hall–Kier alpha value is -0.860. The van der Waals surface area contributed by atoms with Crippen molar-refractivity contribution in [2.24, 2.45) is 5.73 Å². The Kier molecular flexibility index (Phi) is 5.00. The number of aryl methyl sites for hydroxylation is 1. The summed E-state index contributed by atoms with van der Waals surface area (Å²) < 4.78 is 0. The molecule has 1 aromatic rings. The first-order chi connectivity index (χ1) is 9.20. The first-order valence-corrected chi connectivity index (χ1v) is 7.69. The van der Waals surface area contributed by atoms with Crippen molar-refractivity contribution in [1.82, 2.24) is 4.90 Å². The van der Waals surface area contributed by atoms with Crippen molar-refractivity contribution in [1.29, 1.82) is 0 Å². The zero-order chi connectivity index (χ0) is 13.7. The van der Waals surface area contributed by atoms with E-state index in [1.165, 1.54) is 43.2 Å². The molecule has 1 fully saturated rings. The predicted molar refractivity (Wildman–Crippen MR) is 82.2 cm³/mol. The van der Waals surface area contributed by atoms with E-state index in [0.29, 0.717) is 0 Å². The highest BCUT2D eigenvalue weighted by atomic mass is 15.2. The van der Waals surface area contributed by atoms with E-state index >= 15 is 0 Å². The zero-order valence-electron chi connectivity index (χ0n) is 12.5. The zero-order valence-corrected chi connectivity index (χ0v) is 12.5. The van der Waals surface area contributed by atoms with Crippen LogP contribution in [0.25, 0.3) is 0 Å². The van der Waals surface area contributed by atoms with Crippen molar-refractivity contribution >= 4 is 0 Å². The van der Waals surface area contributed by atoms with Crippen LogP contribution >= 0.6 is 0 Å². The molecule has 2 nitrogen and oxygen atoms in total. The third-order valence-electron chi connectivity index (χ3n) is 4.82. The van der Waals surface area contributed by atoms with Crippen LogP contribution in [0.2, 0.25) is 0 Å². The Balaban J connectivity index is 2.03. The second-order valence-corrected chi connectivity index (χ2v) is 6.02. The molecule has 0 aromatic heterocycles. The molecule has 0 saturated heterocycles. The van der Waals surface area contributed by atoms with Gasteiger partial charge in [0.15, 0.2) is 0 Å². The SMILES string of the molecule is CCc1ccc(CN(C)C2(CN)CCCCC2)cc1. The maximum atomic E-state index is 6.10. The summed E-state index contributed by atoms with van der Waals surface area (Å²) in [6.45, 7) is 4.00. The molecule has 0 spiro atoms. The molecule has 0 amide bonds. The topological polar surface area (TPSA) is 29.3 Å². The van der Waals surface area contributed by atoms with Gasteiger partial charge < -0.3 is 5.73 Å². The third-order valence-corrected chi connectivity index (χ3v) is 4.82. The lowest BCUT2D eigenvalue weighted by Crippen LogP contribution is -2.52. The molecule has 0 heterocycles. The predicted octanol–water partition coefficient (Wildman–Crippen LogP) is 3.34. The van der Waals surface area contributed by atoms with Gasteiger partial charge in [-0.05, 0) is 37.4 Å². The Morgan fingerprint density at radius 2 is 1.63 bits per heavy atom. The molecule has 0 radical (unpaired) electrons. The number of hydrogen-bond donors (Lipinski definition) is 1. The van der Waals surface area contributed by atoms with Gasteiger partial charge in [-0.15, -0.1) is 0 Å². The van der Waals surface area contributed by atoms with Gasteiger partial charge >= 0.3 is 0 Å². The molecule has 0 aliphatic heterocycles. The molecule has 2 rings (SSSR count). The summed E-state index contributed by atoms with van der Waals surface area (Å²) in [5.74, 6) is 0. The van der Waals surface area contributed by atoms with Gasteiger partial charge in [-0.3, -0.25) is 4.90 Å². The van der Waals surface area contributed by atoms with Crippen LogP contribution in [0.4, 0.5) is 0 Å². The molecule has 19 heavy (non-hydrogen) atoms. The van der Waals surface area contributed by atoms with E-state index in [2.05, 4.69) is 43.1 Å². The minimum atomic E-state index is 0.238. The Morgan fingerprint density at radius 3 is 2.16 bits per heavy atom. The number of nitrogens with zero attached hydrogens (tertiary/aromatic N) is 1. The summed E-state index contributed by atoms with van der Waals surface area (Å²) in [7, 11) is 2.24. The number of nitrogens with two attached hydrogens (primary N) is 1. The van der Waals surface area contributed by atoms with Crippen molar-refractivity contribution in [2.45, 2.75) is 57.5 Å². The lowest BCUT2D eigenvalue weighted by atomic mass is 9.80. The largest absolute Gasteiger partial charge is 0.329 e. The summed E-state index contributed by atoms with van der Waals surface area (Å²) in [5, 5.41) is 0. The second kappa shape index (κ2) is 6.53. The Morgan fingerprint density at radius 1 is 1.05 bits per heavy atom. The van der Waals surface area contributed by atoms with Crippen LogP contribution in [0, 0.1) is 0 Å². The summed E-state index contributed by atoms with van der Waals surface area (Å²) in [6.07, 6.45) is 7.66. The number of rotatable bonds is 5. The van der Waals surface area contributed by atoms with Gasteiger partial charge in [-0.2, -0.15) is 0 Å². The van der Waals surface area contributed by atoms with Crippen LogP contribution in [0.3, 0.4) is 0 Å². The third kappa shape index (κ3) is 3.37. The van der Waals surface area contributed by atoms with E-state index in [1.807, 2.05) is 0 Å². The fraction of sp³-hybridized carbons (Fsp3) is 0.647. The van der Waals surface area contributed by atoms with Crippen LogP contribution in [-0.4, -0.2) is 24.0 Å². The molecular formula is C17H28N2. The average molecular weight is 260 g/mol. The molecule has 0 atom stereocenters. The summed E-state index contributed by atoms with van der Waals surface area (Å²) in [5.41, 5.74) is 9.15. The average Bonchev–Trinajstić information content (AvgIpc) is 2.48. The molecule has 1 saturated carbocycles. The molecular weight excluding hydrogens is 232 g/mol. The maximum absolute atomic E-state index is 6.10. The number of hydrogen-bond acceptors (Lipinski definition) is 2. The van der Waals surface area contributed by atoms with Crippen molar-refractivity contribution in [2.75, 3.05) is 13.6 Å². The number of benzene rings is 1. The van der Waals surface area contributed by atoms with Crippen molar-refractivity contribution < 1.29 is 0 Å². The van der Waals surface area contributed by atoms with Crippen molar-refractivity contribution in [3.8, 4) is 0 Å². The van der Waals surface area contributed by atoms with Gasteiger partial charge in [-0.25, -0.2) is 0 Å². The molecule has 1 aliphatic rings. The fourth-order valence-electron chi connectivity index (χ4n) is 3.27. The number of likely N-dealkylation sites (N-methyl/N-ethyl adjacent to an activating group) is 1. The van der Waals surface area contributed by atoms with Gasteiger partial charge in [-0.1, -0.05) is 50.5 Å². The van der Waals surface area contributed by atoms with E-state index in [9.17, 15) is 0 Å². The Labute approximate surface area is 118 Å². The molecule has 106 valence electrons. The molecule has 2 N–H and O–H groups in total. The van der Waals surface area contributed by atoms with Gasteiger partial charge in [0.2, 0.25) is 0 Å². The summed E-state index contributed by atoms with van der Waals surface area (Å²) >= 11 is 0. The lowest BCUT2D eigenvalue weighted by molar-refractivity contribution is 0.0758. The molecule has 1 aliphatic carbocycles. The van der Waals surface area contributed by atoms with Gasteiger partial charge in [0.1, 0.15) is 0 Å². The highest BCUT2D eigenvalue weighted by Crippen LogP contribution is 2.32. The van der Waals surface area contributed by atoms with Gasteiger partial charge in [0, 0.05) is 18.6 Å². The molecule has 0 bridgehead atoms. The van der Waals surface area contributed by atoms with Crippen LogP contribution < -0.4 is 5.73 Å². The lowest BCUT2D eigenvalue weighted by Gasteiger charge is -2.44. The quantitative estimate of drug-likeness (QED) is 0.880. The summed E-state index contributed by atoms with van der Waals surface area (Å²) in [4.78, 5) is 2.49. The normalized spacial score (nSPS) is 18.7. The molecule has 1 aromatic carbocycles. The first-order valence-electron chi connectivity index (χ1n) is 7.69. The van der Waals surface area contributed by atoms with E-state index in [1.54, 1.807) is 0 Å². The van der Waals surface area contributed by atoms with E-state index in [0.717, 1.165) is 19.5 Å². The standard InChI is InChI=1S/C17H28N2/c1-3-15-7-9-16(10-8-15)13-19(2)17(14-18)11-5-4-6-12-17/h7-10H,3-6,11-14,18H2,1-2H3. The second-order valence-electron chi connectivity index (χ2n) is 6.02. The minimum absolute atomic E-state index is 0.238. The van der Waals surface area contributed by atoms with Gasteiger partial charge in [0.25, 0.3) is 0 Å². The molecule has 2 heteroatoms. The highest BCUT2D eigenvalue weighted by molar-refractivity contribution is 5.22. The van der Waals surface area contributed by atoms with Crippen LogP contribution in [0.15, 0.2) is 24.3 Å². The summed E-state index contributed by atoms with van der Waals surface area (Å²) in [6, 6.07) is 9.03. The van der Waals surface area contributed by atoms with Crippen molar-refractivity contribution in [3.05, 3.63) is 35.4 Å². The smallest absolute Gasteiger partial charge is 0.0332 e. The van der Waals surface area contributed by atoms with Gasteiger partial charge in [0.05, 0.1) is 0 Å². The molecule has 0 unspecified atom stereocenters. The fourth-order valence-corrected chi connectivity index (χ4v) is 3.27.